The third kappa shape index (κ3) is 3.64. The molecule has 1 atom stereocenters. The average Bonchev–Trinajstić information content (AvgIpc) is 2.66. The lowest BCUT2D eigenvalue weighted by molar-refractivity contribution is 0.0188. The number of aliphatic hydroxyl groups is 1. The lowest BCUT2D eigenvalue weighted by Crippen LogP contribution is -2.43. The number of hydrogen-bond donors (Lipinski definition) is 2. The third-order valence-corrected chi connectivity index (χ3v) is 5.03. The molecular formula is C20H22ClNO4. The van der Waals surface area contributed by atoms with Crippen LogP contribution in [0.1, 0.15) is 34.3 Å². The summed E-state index contributed by atoms with van der Waals surface area (Å²) >= 11 is 5.99. The van der Waals surface area contributed by atoms with Gasteiger partial charge in [0, 0.05) is 5.02 Å². The molecule has 1 amide bonds. The first-order valence-corrected chi connectivity index (χ1v) is 8.86. The molecule has 138 valence electrons. The Bertz CT molecular complexity index is 823. The fourth-order valence-corrected chi connectivity index (χ4v) is 3.60. The van der Waals surface area contributed by atoms with Crippen LogP contribution in [0, 0.1) is 0 Å². The van der Waals surface area contributed by atoms with E-state index in [1.165, 1.54) is 7.11 Å². The highest BCUT2D eigenvalue weighted by Crippen LogP contribution is 2.36. The van der Waals surface area contributed by atoms with Crippen LogP contribution in [0.2, 0.25) is 5.02 Å². The van der Waals surface area contributed by atoms with Gasteiger partial charge in [0.05, 0.1) is 26.3 Å². The van der Waals surface area contributed by atoms with E-state index in [9.17, 15) is 9.90 Å². The Morgan fingerprint density at radius 3 is 2.77 bits per heavy atom. The molecule has 3 rings (SSSR count). The van der Waals surface area contributed by atoms with Gasteiger partial charge in [0.2, 0.25) is 0 Å². The van der Waals surface area contributed by atoms with E-state index >= 15 is 0 Å². The molecule has 0 saturated carbocycles. The zero-order valence-corrected chi connectivity index (χ0v) is 15.6. The number of nitrogens with one attached hydrogen (secondary N) is 1. The number of hydrogen-bond acceptors (Lipinski definition) is 4. The van der Waals surface area contributed by atoms with E-state index in [1.54, 1.807) is 25.3 Å². The van der Waals surface area contributed by atoms with Crippen molar-refractivity contribution in [2.24, 2.45) is 0 Å². The molecule has 2 aromatic rings. The van der Waals surface area contributed by atoms with E-state index in [2.05, 4.69) is 5.32 Å². The number of methoxy groups -OCH3 is 2. The standard InChI is InChI=1S/C20H22ClNO4/c1-25-15-6-7-17-13(10-15)4-3-9-20(17,24)12-22-19(23)16-11-14(21)5-8-18(16)26-2/h5-8,10-11,24H,3-4,9,12H2,1-2H3,(H,22,23)/t20-/m0/s1. The predicted octanol–water partition coefficient (Wildman–Crippen LogP) is 3.31. The van der Waals surface area contributed by atoms with E-state index < -0.39 is 5.60 Å². The molecule has 1 aliphatic carbocycles. The molecule has 0 fully saturated rings. The Morgan fingerprint density at radius 2 is 2.04 bits per heavy atom. The summed E-state index contributed by atoms with van der Waals surface area (Å²) in [6, 6.07) is 10.5. The minimum atomic E-state index is -1.11. The van der Waals surface area contributed by atoms with E-state index in [4.69, 9.17) is 21.1 Å². The Balaban J connectivity index is 1.80. The number of halogens is 1. The largest absolute Gasteiger partial charge is 0.497 e. The van der Waals surface area contributed by atoms with Gasteiger partial charge in [0.1, 0.15) is 17.1 Å². The van der Waals surface area contributed by atoms with Crippen molar-refractivity contribution in [3.05, 3.63) is 58.1 Å². The summed E-state index contributed by atoms with van der Waals surface area (Å²) in [6.45, 7) is 0.112. The van der Waals surface area contributed by atoms with E-state index in [0.717, 1.165) is 29.7 Å². The molecule has 26 heavy (non-hydrogen) atoms. The Kier molecular flexibility index (Phi) is 5.39. The van der Waals surface area contributed by atoms with Crippen LogP contribution >= 0.6 is 11.6 Å². The Hall–Kier alpha value is -2.24. The summed E-state index contributed by atoms with van der Waals surface area (Å²) in [5.41, 5.74) is 1.12. The van der Waals surface area contributed by atoms with Crippen LogP contribution in [-0.2, 0) is 12.0 Å². The van der Waals surface area contributed by atoms with Crippen LogP contribution in [0.4, 0.5) is 0 Å². The first kappa shape index (κ1) is 18.5. The number of ether oxygens (including phenoxy) is 2. The van der Waals surface area contributed by atoms with Crippen molar-refractivity contribution in [1.82, 2.24) is 5.32 Å². The van der Waals surface area contributed by atoms with Crippen molar-refractivity contribution in [2.75, 3.05) is 20.8 Å². The van der Waals surface area contributed by atoms with Crippen molar-refractivity contribution >= 4 is 17.5 Å². The summed E-state index contributed by atoms with van der Waals surface area (Å²) in [4.78, 5) is 12.6. The molecule has 0 radical (unpaired) electrons. The fourth-order valence-electron chi connectivity index (χ4n) is 3.43. The molecule has 6 heteroatoms. The second kappa shape index (κ2) is 7.56. The van der Waals surface area contributed by atoms with Crippen LogP contribution in [-0.4, -0.2) is 31.8 Å². The second-order valence-corrected chi connectivity index (χ2v) is 6.87. The van der Waals surface area contributed by atoms with Gasteiger partial charge in [-0.1, -0.05) is 17.7 Å². The molecule has 0 bridgehead atoms. The summed E-state index contributed by atoms with van der Waals surface area (Å²) in [6.07, 6.45) is 2.30. The third-order valence-electron chi connectivity index (χ3n) is 4.80. The molecule has 2 N–H and O–H groups in total. The van der Waals surface area contributed by atoms with Crippen LogP contribution in [0.15, 0.2) is 36.4 Å². The second-order valence-electron chi connectivity index (χ2n) is 6.44. The maximum absolute atomic E-state index is 12.6. The zero-order chi connectivity index (χ0) is 18.7. The Labute approximate surface area is 157 Å². The van der Waals surface area contributed by atoms with Gasteiger partial charge in [-0.25, -0.2) is 0 Å². The highest BCUT2D eigenvalue weighted by atomic mass is 35.5. The SMILES string of the molecule is COc1ccc2c(c1)CCC[C@]2(O)CNC(=O)c1cc(Cl)ccc1OC. The lowest BCUT2D eigenvalue weighted by atomic mass is 9.79. The molecule has 0 aliphatic heterocycles. The first-order valence-electron chi connectivity index (χ1n) is 8.48. The van der Waals surface area contributed by atoms with Crippen LogP contribution < -0.4 is 14.8 Å². The zero-order valence-electron chi connectivity index (χ0n) is 14.8. The van der Waals surface area contributed by atoms with Crippen LogP contribution in [0.3, 0.4) is 0 Å². The topological polar surface area (TPSA) is 67.8 Å². The monoisotopic (exact) mass is 375 g/mol. The quantitative estimate of drug-likeness (QED) is 0.841. The molecular weight excluding hydrogens is 354 g/mol. The fraction of sp³-hybridized carbons (Fsp3) is 0.350. The molecule has 0 saturated heterocycles. The smallest absolute Gasteiger partial charge is 0.255 e. The van der Waals surface area contributed by atoms with Gasteiger partial charge in [0.15, 0.2) is 0 Å². The highest BCUT2D eigenvalue weighted by Gasteiger charge is 2.35. The van der Waals surface area contributed by atoms with Crippen LogP contribution in [0.25, 0.3) is 0 Å². The summed E-state index contributed by atoms with van der Waals surface area (Å²) < 4.78 is 10.5. The van der Waals surface area contributed by atoms with Gasteiger partial charge in [-0.05, 0) is 60.7 Å². The molecule has 0 spiro atoms. The van der Waals surface area contributed by atoms with Gasteiger partial charge in [-0.15, -0.1) is 0 Å². The lowest BCUT2D eigenvalue weighted by Gasteiger charge is -2.35. The van der Waals surface area contributed by atoms with Gasteiger partial charge in [-0.3, -0.25) is 4.79 Å². The number of carbonyl (C=O) groups excluding carboxylic acids is 1. The van der Waals surface area contributed by atoms with Crippen molar-refractivity contribution in [3.63, 3.8) is 0 Å². The molecule has 0 unspecified atom stereocenters. The van der Waals surface area contributed by atoms with Crippen molar-refractivity contribution in [3.8, 4) is 11.5 Å². The predicted molar refractivity (Wildman–Crippen MR) is 100 cm³/mol. The first-order chi connectivity index (χ1) is 12.5. The molecule has 0 heterocycles. The summed E-state index contributed by atoms with van der Waals surface area (Å²) in [5.74, 6) is 0.867. The summed E-state index contributed by atoms with van der Waals surface area (Å²) in [7, 11) is 3.12. The van der Waals surface area contributed by atoms with Gasteiger partial charge < -0.3 is 19.9 Å². The molecule has 2 aromatic carbocycles. The van der Waals surface area contributed by atoms with Gasteiger partial charge >= 0.3 is 0 Å². The van der Waals surface area contributed by atoms with Crippen molar-refractivity contribution < 1.29 is 19.4 Å². The average molecular weight is 376 g/mol. The number of rotatable bonds is 5. The maximum Gasteiger partial charge on any atom is 0.255 e. The summed E-state index contributed by atoms with van der Waals surface area (Å²) in [5, 5.41) is 14.4. The van der Waals surface area contributed by atoms with E-state index in [1.807, 2.05) is 18.2 Å². The van der Waals surface area contributed by atoms with E-state index in [-0.39, 0.29) is 12.5 Å². The molecule has 5 nitrogen and oxygen atoms in total. The maximum atomic E-state index is 12.6. The number of amides is 1. The van der Waals surface area contributed by atoms with Crippen molar-refractivity contribution in [1.29, 1.82) is 0 Å². The van der Waals surface area contributed by atoms with Crippen LogP contribution in [0.5, 0.6) is 11.5 Å². The van der Waals surface area contributed by atoms with Gasteiger partial charge in [-0.2, -0.15) is 0 Å². The molecule has 1 aliphatic rings. The number of carbonyl (C=O) groups is 1. The highest BCUT2D eigenvalue weighted by molar-refractivity contribution is 6.31. The van der Waals surface area contributed by atoms with Gasteiger partial charge in [0.25, 0.3) is 5.91 Å². The number of fused-ring (bicyclic) bond motifs is 1. The minimum absolute atomic E-state index is 0.112. The Morgan fingerprint density at radius 1 is 1.23 bits per heavy atom. The minimum Gasteiger partial charge on any atom is -0.497 e. The van der Waals surface area contributed by atoms with Crippen molar-refractivity contribution in [2.45, 2.75) is 24.9 Å². The number of aryl methyl sites for hydroxylation is 1. The normalized spacial score (nSPS) is 18.8. The van der Waals surface area contributed by atoms with E-state index in [0.29, 0.717) is 22.8 Å². The molecule has 0 aromatic heterocycles. The number of benzene rings is 2.